The molecule has 1 heterocycles. The molecule has 0 saturated heterocycles. The van der Waals surface area contributed by atoms with Crippen LogP contribution in [0.15, 0.2) is 11.4 Å². The lowest BCUT2D eigenvalue weighted by atomic mass is 10.1. The molecule has 0 spiro atoms. The van der Waals surface area contributed by atoms with Gasteiger partial charge in [-0.15, -0.1) is 0 Å². The van der Waals surface area contributed by atoms with Crippen LogP contribution in [0.3, 0.4) is 0 Å². The predicted octanol–water partition coefficient (Wildman–Crippen LogP) is 1.34. The normalized spacial score (nSPS) is 12.2. The number of carbonyl (C=O) groups is 3. The van der Waals surface area contributed by atoms with Crippen molar-refractivity contribution in [3.63, 3.8) is 0 Å². The molecule has 0 saturated carbocycles. The zero-order chi connectivity index (χ0) is 19.2. The second-order valence-corrected chi connectivity index (χ2v) is 7.43. The fourth-order valence-electron chi connectivity index (χ4n) is 1.60. The fourth-order valence-corrected chi connectivity index (χ4v) is 2.34. The number of imide groups is 1. The van der Waals surface area contributed by atoms with Crippen molar-refractivity contribution >= 4 is 35.5 Å². The number of urea groups is 1. The first-order valence-electron chi connectivity index (χ1n) is 7.62. The lowest BCUT2D eigenvalue weighted by Crippen LogP contribution is -2.49. The quantitative estimate of drug-likeness (QED) is 0.402. The summed E-state index contributed by atoms with van der Waals surface area (Å²) < 4.78 is 4.84. The van der Waals surface area contributed by atoms with Crippen molar-refractivity contribution in [3.8, 4) is 0 Å². The van der Waals surface area contributed by atoms with Gasteiger partial charge in [-0.1, -0.05) is 11.8 Å². The van der Waals surface area contributed by atoms with Gasteiger partial charge in [0.2, 0.25) is 5.91 Å². The fraction of sp³-hybridized carbons (Fsp3) is 0.533. The van der Waals surface area contributed by atoms with E-state index in [2.05, 4.69) is 20.6 Å². The van der Waals surface area contributed by atoms with Crippen LogP contribution < -0.4 is 16.4 Å². The molecule has 0 fully saturated rings. The molecule has 25 heavy (non-hydrogen) atoms. The molecule has 1 rings (SSSR count). The summed E-state index contributed by atoms with van der Waals surface area (Å²) in [6, 6.07) is -0.581. The summed E-state index contributed by atoms with van der Waals surface area (Å²) in [5.41, 5.74) is 5.33. The summed E-state index contributed by atoms with van der Waals surface area (Å²) in [5.74, 6) is -1.14. The highest BCUT2D eigenvalue weighted by atomic mass is 32.2. The lowest BCUT2D eigenvalue weighted by molar-refractivity contribution is -0.119. The minimum absolute atomic E-state index is 0.0333. The summed E-state index contributed by atoms with van der Waals surface area (Å²) in [4.78, 5) is 43.4. The van der Waals surface area contributed by atoms with Crippen molar-refractivity contribution in [3.05, 3.63) is 11.8 Å². The minimum Gasteiger partial charge on any atom is -0.462 e. The third kappa shape index (κ3) is 6.96. The van der Waals surface area contributed by atoms with E-state index < -0.39 is 28.7 Å². The molecule has 0 aliphatic rings. The first-order chi connectivity index (χ1) is 11.5. The lowest BCUT2D eigenvalue weighted by Gasteiger charge is -2.21. The first-order valence-corrected chi connectivity index (χ1v) is 8.50. The van der Waals surface area contributed by atoms with Gasteiger partial charge >= 0.3 is 12.0 Å². The third-order valence-corrected chi connectivity index (χ3v) is 3.64. The Morgan fingerprint density at radius 3 is 2.52 bits per heavy atom. The largest absolute Gasteiger partial charge is 0.462 e. The van der Waals surface area contributed by atoms with Crippen LogP contribution in [-0.2, 0) is 9.53 Å². The molecule has 0 aromatic carbocycles. The molecule has 0 unspecified atom stereocenters. The van der Waals surface area contributed by atoms with Crippen molar-refractivity contribution in [1.29, 1.82) is 0 Å². The number of anilines is 1. The molecule has 1 aromatic rings. The van der Waals surface area contributed by atoms with Gasteiger partial charge in [0.05, 0.1) is 11.9 Å². The van der Waals surface area contributed by atoms with Crippen LogP contribution >= 0.6 is 11.8 Å². The predicted molar refractivity (Wildman–Crippen MR) is 94.1 cm³/mol. The van der Waals surface area contributed by atoms with E-state index >= 15 is 0 Å². The number of rotatable bonds is 5. The molecule has 0 radical (unpaired) electrons. The number of hydrogen-bond donors (Lipinski definition) is 3. The van der Waals surface area contributed by atoms with Gasteiger partial charge < -0.3 is 15.8 Å². The number of aromatic nitrogens is 2. The molecule has 1 aromatic heterocycles. The number of nitrogen functional groups attached to an aromatic ring is 1. The van der Waals surface area contributed by atoms with Crippen LogP contribution in [0.5, 0.6) is 0 Å². The number of ether oxygens (including phenoxy) is 1. The van der Waals surface area contributed by atoms with Gasteiger partial charge in [-0.05, 0) is 34.6 Å². The molecule has 0 aliphatic heterocycles. The number of nitrogens with one attached hydrogen (secondary N) is 2. The van der Waals surface area contributed by atoms with Crippen molar-refractivity contribution < 1.29 is 19.1 Å². The zero-order valence-electron chi connectivity index (χ0n) is 14.9. The number of carbonyl (C=O) groups excluding carboxylic acids is 3. The molecule has 4 N–H and O–H groups in total. The van der Waals surface area contributed by atoms with Crippen molar-refractivity contribution in [2.45, 2.75) is 50.6 Å². The highest BCUT2D eigenvalue weighted by Crippen LogP contribution is 2.21. The van der Waals surface area contributed by atoms with E-state index in [1.165, 1.54) is 6.20 Å². The number of nitrogens with zero attached hydrogens (tertiary/aromatic N) is 2. The van der Waals surface area contributed by atoms with E-state index in [4.69, 9.17) is 10.5 Å². The SMILES string of the molecule is CCOC(=O)c1cnc(S[C@H](C)C(=O)NC(=O)NC(C)(C)C)nc1N. The molecule has 138 valence electrons. The minimum atomic E-state index is -0.640. The van der Waals surface area contributed by atoms with Crippen LogP contribution in [0.25, 0.3) is 0 Å². The molecule has 0 bridgehead atoms. The Morgan fingerprint density at radius 2 is 2.00 bits per heavy atom. The number of esters is 1. The second kappa shape index (κ2) is 8.65. The standard InChI is InChI=1S/C15H23N5O4S/c1-6-24-12(22)9-7-17-14(18-10(9)16)25-8(2)11(21)19-13(23)20-15(3,4)5/h7-8H,6H2,1-5H3,(H2,16,17,18)(H2,19,20,21,23)/t8-/m1/s1. The van der Waals surface area contributed by atoms with Gasteiger partial charge in [0.25, 0.3) is 0 Å². The van der Waals surface area contributed by atoms with Crippen LogP contribution in [-0.4, -0.2) is 45.3 Å². The maximum atomic E-state index is 12.0. The Bertz CT molecular complexity index is 660. The highest BCUT2D eigenvalue weighted by molar-refractivity contribution is 8.00. The molecule has 3 amide bonds. The number of nitrogens with two attached hydrogens (primary N) is 1. The summed E-state index contributed by atoms with van der Waals surface area (Å²) >= 11 is 1.01. The number of amides is 3. The second-order valence-electron chi connectivity index (χ2n) is 6.13. The molecule has 9 nitrogen and oxygen atoms in total. The highest BCUT2D eigenvalue weighted by Gasteiger charge is 2.22. The Kier molecular flexibility index (Phi) is 7.16. The van der Waals surface area contributed by atoms with E-state index in [9.17, 15) is 14.4 Å². The van der Waals surface area contributed by atoms with Gasteiger partial charge in [0.1, 0.15) is 11.4 Å². The summed E-state index contributed by atoms with van der Waals surface area (Å²) in [6.07, 6.45) is 1.25. The van der Waals surface area contributed by atoms with Crippen LogP contribution in [0.4, 0.5) is 10.6 Å². The van der Waals surface area contributed by atoms with Gasteiger partial charge in [-0.3, -0.25) is 10.1 Å². The van der Waals surface area contributed by atoms with Crippen LogP contribution in [0.1, 0.15) is 45.0 Å². The van der Waals surface area contributed by atoms with Crippen molar-refractivity contribution in [1.82, 2.24) is 20.6 Å². The average molecular weight is 369 g/mol. The maximum Gasteiger partial charge on any atom is 0.343 e. The zero-order valence-corrected chi connectivity index (χ0v) is 15.7. The molecular weight excluding hydrogens is 346 g/mol. The topological polar surface area (TPSA) is 136 Å². The van der Waals surface area contributed by atoms with Crippen molar-refractivity contribution in [2.24, 2.45) is 0 Å². The monoisotopic (exact) mass is 369 g/mol. The molecule has 10 heteroatoms. The van der Waals surface area contributed by atoms with Gasteiger partial charge in [-0.2, -0.15) is 0 Å². The Hall–Kier alpha value is -2.36. The van der Waals surface area contributed by atoms with E-state index in [0.29, 0.717) is 0 Å². The van der Waals surface area contributed by atoms with Gasteiger partial charge in [0, 0.05) is 11.7 Å². The molecule has 1 atom stereocenters. The van der Waals surface area contributed by atoms with Crippen LogP contribution in [0, 0.1) is 0 Å². The Morgan fingerprint density at radius 1 is 1.36 bits per heavy atom. The van der Waals surface area contributed by atoms with E-state index in [0.717, 1.165) is 11.8 Å². The maximum absolute atomic E-state index is 12.0. The first kappa shape index (κ1) is 20.7. The van der Waals surface area contributed by atoms with Gasteiger partial charge in [0.15, 0.2) is 5.16 Å². The Balaban J connectivity index is 2.69. The molecular formula is C15H23N5O4S. The summed E-state index contributed by atoms with van der Waals surface area (Å²) in [5, 5.41) is 4.45. The number of thioether (sulfide) groups is 1. The van der Waals surface area contributed by atoms with Crippen LogP contribution in [0.2, 0.25) is 0 Å². The smallest absolute Gasteiger partial charge is 0.343 e. The third-order valence-electron chi connectivity index (χ3n) is 2.67. The van der Waals surface area contributed by atoms with E-state index in [1.54, 1.807) is 34.6 Å². The number of hydrogen-bond acceptors (Lipinski definition) is 8. The Labute approximate surface area is 150 Å². The van der Waals surface area contributed by atoms with Gasteiger partial charge in [-0.25, -0.2) is 19.6 Å². The summed E-state index contributed by atoms with van der Waals surface area (Å²) in [6.45, 7) is 8.89. The van der Waals surface area contributed by atoms with E-state index in [1.807, 2.05) is 0 Å². The van der Waals surface area contributed by atoms with Crippen molar-refractivity contribution in [2.75, 3.05) is 12.3 Å². The molecule has 0 aliphatic carbocycles. The van der Waals surface area contributed by atoms with E-state index in [-0.39, 0.29) is 23.1 Å². The summed E-state index contributed by atoms with van der Waals surface area (Å²) in [7, 11) is 0. The average Bonchev–Trinajstić information content (AvgIpc) is 2.45.